The van der Waals surface area contributed by atoms with E-state index < -0.39 is 0 Å². The van der Waals surface area contributed by atoms with Crippen LogP contribution in [-0.4, -0.2) is 45.8 Å². The van der Waals surface area contributed by atoms with Gasteiger partial charge in [0.2, 0.25) is 0 Å². The van der Waals surface area contributed by atoms with Crippen LogP contribution >= 0.6 is 11.6 Å². The zero-order valence-electron chi connectivity index (χ0n) is 16.0. The third-order valence-corrected chi connectivity index (χ3v) is 4.58. The lowest BCUT2D eigenvalue weighted by Gasteiger charge is -2.17. The molecule has 0 saturated heterocycles. The summed E-state index contributed by atoms with van der Waals surface area (Å²) in [6.45, 7) is 3.09. The Morgan fingerprint density at radius 2 is 2.11 bits per heavy atom. The minimum Gasteiger partial charge on any atom is -0.493 e. The summed E-state index contributed by atoms with van der Waals surface area (Å²) in [5.41, 5.74) is 1.46. The summed E-state index contributed by atoms with van der Waals surface area (Å²) >= 11 is 5.95. The van der Waals surface area contributed by atoms with Gasteiger partial charge in [-0.2, -0.15) is 5.10 Å². The average Bonchev–Trinajstić information content (AvgIpc) is 3.15. The standard InChI is InChI=1S/C21H23ClN4O2/c1-3-19-18(15-24-26(19)20-10-4-5-11-23-20)21(27)25(2)12-7-13-28-17-9-6-8-16(22)14-17/h4-6,8-11,14-15H,3,7,12-13H2,1-2H3. The third-order valence-electron chi connectivity index (χ3n) is 4.35. The molecule has 28 heavy (non-hydrogen) atoms. The zero-order chi connectivity index (χ0) is 19.9. The van der Waals surface area contributed by atoms with E-state index in [-0.39, 0.29) is 5.91 Å². The number of pyridine rings is 1. The molecule has 2 heterocycles. The molecule has 3 aromatic rings. The van der Waals surface area contributed by atoms with Crippen LogP contribution in [0.5, 0.6) is 5.75 Å². The maximum absolute atomic E-state index is 12.9. The summed E-state index contributed by atoms with van der Waals surface area (Å²) in [5, 5.41) is 5.02. The second kappa shape index (κ2) is 9.37. The van der Waals surface area contributed by atoms with E-state index in [2.05, 4.69) is 10.1 Å². The first-order valence-electron chi connectivity index (χ1n) is 9.22. The van der Waals surface area contributed by atoms with Gasteiger partial charge in [-0.15, -0.1) is 0 Å². The quantitative estimate of drug-likeness (QED) is 0.537. The number of aromatic nitrogens is 3. The number of carbonyl (C=O) groups is 1. The van der Waals surface area contributed by atoms with Crippen molar-refractivity contribution < 1.29 is 9.53 Å². The number of amides is 1. The van der Waals surface area contributed by atoms with Crippen LogP contribution in [0.25, 0.3) is 5.82 Å². The molecule has 0 aliphatic rings. The highest BCUT2D eigenvalue weighted by atomic mass is 35.5. The van der Waals surface area contributed by atoms with E-state index in [1.54, 1.807) is 41.2 Å². The van der Waals surface area contributed by atoms with Gasteiger partial charge in [-0.3, -0.25) is 4.79 Å². The van der Waals surface area contributed by atoms with Crippen LogP contribution in [0.2, 0.25) is 5.02 Å². The molecule has 2 aromatic heterocycles. The van der Waals surface area contributed by atoms with E-state index in [1.165, 1.54) is 0 Å². The number of nitrogens with zero attached hydrogens (tertiary/aromatic N) is 4. The highest BCUT2D eigenvalue weighted by Gasteiger charge is 2.20. The first-order valence-corrected chi connectivity index (χ1v) is 9.60. The molecule has 1 amide bonds. The van der Waals surface area contributed by atoms with Gasteiger partial charge >= 0.3 is 0 Å². The van der Waals surface area contributed by atoms with Crippen molar-refractivity contribution >= 4 is 17.5 Å². The van der Waals surface area contributed by atoms with Crippen LogP contribution in [0.15, 0.2) is 54.9 Å². The molecule has 0 bridgehead atoms. The van der Waals surface area contributed by atoms with Gasteiger partial charge in [0.05, 0.1) is 24.1 Å². The van der Waals surface area contributed by atoms with Gasteiger partial charge in [0.15, 0.2) is 5.82 Å². The lowest BCUT2D eigenvalue weighted by Crippen LogP contribution is -2.29. The first kappa shape index (κ1) is 19.9. The van der Waals surface area contributed by atoms with Crippen molar-refractivity contribution in [2.24, 2.45) is 0 Å². The fourth-order valence-corrected chi connectivity index (χ4v) is 3.11. The molecule has 0 atom stereocenters. The predicted octanol–water partition coefficient (Wildman–Crippen LogP) is 4.02. The Balaban J connectivity index is 1.59. The maximum atomic E-state index is 12.9. The monoisotopic (exact) mass is 398 g/mol. The number of halogens is 1. The fourth-order valence-electron chi connectivity index (χ4n) is 2.92. The van der Waals surface area contributed by atoms with Gasteiger partial charge in [0.25, 0.3) is 5.91 Å². The number of carbonyl (C=O) groups excluding carboxylic acids is 1. The van der Waals surface area contributed by atoms with Crippen LogP contribution in [-0.2, 0) is 6.42 Å². The SMILES string of the molecule is CCc1c(C(=O)N(C)CCCOc2cccc(Cl)c2)cnn1-c1ccccn1. The Labute approximate surface area is 169 Å². The summed E-state index contributed by atoms with van der Waals surface area (Å²) in [6.07, 6.45) is 4.73. The van der Waals surface area contributed by atoms with Crippen LogP contribution in [0.4, 0.5) is 0 Å². The molecule has 0 N–H and O–H groups in total. The van der Waals surface area contributed by atoms with Crippen LogP contribution in [0, 0.1) is 0 Å². The van der Waals surface area contributed by atoms with Gasteiger partial charge in [0, 0.05) is 24.8 Å². The number of ether oxygens (including phenoxy) is 1. The molecular formula is C21H23ClN4O2. The summed E-state index contributed by atoms with van der Waals surface area (Å²) in [5.74, 6) is 1.38. The van der Waals surface area contributed by atoms with Crippen molar-refractivity contribution in [1.82, 2.24) is 19.7 Å². The topological polar surface area (TPSA) is 60.3 Å². The summed E-state index contributed by atoms with van der Waals surface area (Å²) in [6, 6.07) is 12.9. The van der Waals surface area contributed by atoms with E-state index in [0.29, 0.717) is 42.4 Å². The molecule has 146 valence electrons. The van der Waals surface area contributed by atoms with E-state index in [9.17, 15) is 4.79 Å². The van der Waals surface area contributed by atoms with Gasteiger partial charge in [-0.1, -0.05) is 30.7 Å². The number of rotatable bonds is 8. The molecule has 0 radical (unpaired) electrons. The normalized spacial score (nSPS) is 10.7. The van der Waals surface area contributed by atoms with Crippen molar-refractivity contribution in [1.29, 1.82) is 0 Å². The van der Waals surface area contributed by atoms with Crippen molar-refractivity contribution in [2.75, 3.05) is 20.2 Å². The molecule has 0 fully saturated rings. The number of hydrogen-bond donors (Lipinski definition) is 0. The lowest BCUT2D eigenvalue weighted by atomic mass is 10.2. The Bertz CT molecular complexity index is 927. The number of hydrogen-bond acceptors (Lipinski definition) is 4. The average molecular weight is 399 g/mol. The van der Waals surface area contributed by atoms with E-state index in [4.69, 9.17) is 16.3 Å². The van der Waals surface area contributed by atoms with Gasteiger partial charge in [0.1, 0.15) is 5.75 Å². The molecule has 1 aromatic carbocycles. The van der Waals surface area contributed by atoms with Crippen molar-refractivity contribution in [2.45, 2.75) is 19.8 Å². The molecule has 0 unspecified atom stereocenters. The van der Waals surface area contributed by atoms with E-state index >= 15 is 0 Å². The van der Waals surface area contributed by atoms with Crippen molar-refractivity contribution in [3.05, 3.63) is 71.1 Å². The predicted molar refractivity (Wildman–Crippen MR) is 109 cm³/mol. The molecule has 3 rings (SSSR count). The van der Waals surface area contributed by atoms with Crippen LogP contribution < -0.4 is 4.74 Å². The summed E-state index contributed by atoms with van der Waals surface area (Å²) < 4.78 is 7.41. The Kier molecular flexibility index (Phi) is 6.66. The Morgan fingerprint density at radius 3 is 2.82 bits per heavy atom. The second-order valence-corrected chi connectivity index (χ2v) is 6.78. The molecule has 0 spiro atoms. The minimum atomic E-state index is -0.0539. The van der Waals surface area contributed by atoms with Crippen molar-refractivity contribution in [3.8, 4) is 11.6 Å². The largest absolute Gasteiger partial charge is 0.493 e. The smallest absolute Gasteiger partial charge is 0.257 e. The molecular weight excluding hydrogens is 376 g/mol. The summed E-state index contributed by atoms with van der Waals surface area (Å²) in [7, 11) is 1.79. The molecule has 0 aliphatic heterocycles. The summed E-state index contributed by atoms with van der Waals surface area (Å²) in [4.78, 5) is 18.9. The molecule has 0 saturated carbocycles. The molecule has 7 heteroatoms. The minimum absolute atomic E-state index is 0.0539. The van der Waals surface area contributed by atoms with Crippen LogP contribution in [0.3, 0.4) is 0 Å². The third kappa shape index (κ3) is 4.70. The number of benzene rings is 1. The van der Waals surface area contributed by atoms with Gasteiger partial charge < -0.3 is 9.64 Å². The van der Waals surface area contributed by atoms with E-state index in [0.717, 1.165) is 11.4 Å². The van der Waals surface area contributed by atoms with E-state index in [1.807, 2.05) is 37.3 Å². The van der Waals surface area contributed by atoms with Gasteiger partial charge in [-0.25, -0.2) is 9.67 Å². The fraction of sp³-hybridized carbons (Fsp3) is 0.286. The molecule has 0 aliphatic carbocycles. The zero-order valence-corrected chi connectivity index (χ0v) is 16.8. The van der Waals surface area contributed by atoms with Crippen molar-refractivity contribution in [3.63, 3.8) is 0 Å². The molecule has 6 nitrogen and oxygen atoms in total. The Hall–Kier alpha value is -2.86. The second-order valence-electron chi connectivity index (χ2n) is 6.34. The highest BCUT2D eigenvalue weighted by Crippen LogP contribution is 2.18. The van der Waals surface area contributed by atoms with Crippen LogP contribution in [0.1, 0.15) is 29.4 Å². The lowest BCUT2D eigenvalue weighted by molar-refractivity contribution is 0.0786. The maximum Gasteiger partial charge on any atom is 0.257 e. The highest BCUT2D eigenvalue weighted by molar-refractivity contribution is 6.30. The van der Waals surface area contributed by atoms with Gasteiger partial charge in [-0.05, 0) is 43.2 Å². The Morgan fingerprint density at radius 1 is 1.25 bits per heavy atom. The first-order chi connectivity index (χ1) is 13.6.